The Bertz CT molecular complexity index is 917. The zero-order valence-electron chi connectivity index (χ0n) is 11.2. The molecule has 7 heteroatoms. The molecule has 0 saturated heterocycles. The van der Waals surface area contributed by atoms with Crippen molar-refractivity contribution < 1.29 is 0 Å². The van der Waals surface area contributed by atoms with Crippen LogP contribution in [0, 0.1) is 0 Å². The average Bonchev–Trinajstić information content (AvgIpc) is 3.18. The highest BCUT2D eigenvalue weighted by Gasteiger charge is 2.10. The van der Waals surface area contributed by atoms with Crippen LogP contribution in [-0.4, -0.2) is 19.8 Å². The van der Waals surface area contributed by atoms with Crippen LogP contribution in [0.2, 0.25) is 5.02 Å². The molecule has 0 aliphatic carbocycles. The third-order valence-corrected chi connectivity index (χ3v) is 4.92. The summed E-state index contributed by atoms with van der Waals surface area (Å²) in [5.74, 6) is 0.759. The summed E-state index contributed by atoms with van der Waals surface area (Å²) < 4.78 is 1.78. The fraction of sp³-hybridized carbons (Fsp3) is 0. The lowest BCUT2D eigenvalue weighted by Crippen LogP contribution is -1.95. The standard InChI is InChI=1S/C15H9ClN4S2/c16-11-1-3-12(4-2-11)22-14-6-5-13-17-18-15(20(13)19-14)10-7-8-21-9-10/h1-9H. The van der Waals surface area contributed by atoms with Gasteiger partial charge in [-0.3, -0.25) is 0 Å². The van der Waals surface area contributed by atoms with E-state index in [-0.39, 0.29) is 0 Å². The number of rotatable bonds is 3. The fourth-order valence-electron chi connectivity index (χ4n) is 2.02. The Labute approximate surface area is 139 Å². The summed E-state index contributed by atoms with van der Waals surface area (Å²) in [5.41, 5.74) is 1.76. The van der Waals surface area contributed by atoms with Crippen LogP contribution in [0.3, 0.4) is 0 Å². The minimum absolute atomic E-state index is 0.728. The minimum atomic E-state index is 0.728. The molecule has 4 nitrogen and oxygen atoms in total. The fourth-order valence-corrected chi connectivity index (χ4v) is 3.55. The van der Waals surface area contributed by atoms with E-state index in [1.807, 2.05) is 53.2 Å². The zero-order chi connectivity index (χ0) is 14.9. The summed E-state index contributed by atoms with van der Waals surface area (Å²) in [6.07, 6.45) is 0. The lowest BCUT2D eigenvalue weighted by molar-refractivity contribution is 0.861. The lowest BCUT2D eigenvalue weighted by atomic mass is 10.3. The van der Waals surface area contributed by atoms with Gasteiger partial charge in [0.15, 0.2) is 11.5 Å². The monoisotopic (exact) mass is 344 g/mol. The summed E-state index contributed by atoms with van der Waals surface area (Å²) >= 11 is 9.12. The molecule has 0 amide bonds. The van der Waals surface area contributed by atoms with Crippen molar-refractivity contribution in [2.24, 2.45) is 0 Å². The second-order valence-corrected chi connectivity index (χ2v) is 6.84. The Morgan fingerprint density at radius 1 is 1.00 bits per heavy atom. The van der Waals surface area contributed by atoms with Crippen molar-refractivity contribution in [2.45, 2.75) is 9.92 Å². The number of aromatic nitrogens is 4. The number of nitrogens with zero attached hydrogens (tertiary/aromatic N) is 4. The highest BCUT2D eigenvalue weighted by Crippen LogP contribution is 2.28. The van der Waals surface area contributed by atoms with Crippen molar-refractivity contribution >= 4 is 40.3 Å². The number of halogens is 1. The van der Waals surface area contributed by atoms with Gasteiger partial charge in [-0.25, -0.2) is 0 Å². The first-order valence-electron chi connectivity index (χ1n) is 6.48. The molecule has 0 N–H and O–H groups in total. The van der Waals surface area contributed by atoms with E-state index in [4.69, 9.17) is 11.6 Å². The minimum Gasteiger partial charge on any atom is -0.192 e. The molecular formula is C15H9ClN4S2. The summed E-state index contributed by atoms with van der Waals surface area (Å²) in [7, 11) is 0. The van der Waals surface area contributed by atoms with Gasteiger partial charge in [0, 0.05) is 20.9 Å². The van der Waals surface area contributed by atoms with E-state index < -0.39 is 0 Å². The smallest absolute Gasteiger partial charge is 0.186 e. The second-order valence-electron chi connectivity index (χ2n) is 4.53. The maximum absolute atomic E-state index is 5.91. The van der Waals surface area contributed by atoms with Crippen molar-refractivity contribution in [2.75, 3.05) is 0 Å². The predicted octanol–water partition coefficient (Wildman–Crippen LogP) is 4.66. The van der Waals surface area contributed by atoms with Crippen molar-refractivity contribution in [1.29, 1.82) is 0 Å². The van der Waals surface area contributed by atoms with Gasteiger partial charge < -0.3 is 0 Å². The van der Waals surface area contributed by atoms with Crippen molar-refractivity contribution in [3.05, 3.63) is 58.2 Å². The average molecular weight is 345 g/mol. The summed E-state index contributed by atoms with van der Waals surface area (Å²) in [4.78, 5) is 1.08. The van der Waals surface area contributed by atoms with Gasteiger partial charge in [-0.15, -0.1) is 10.2 Å². The van der Waals surface area contributed by atoms with E-state index >= 15 is 0 Å². The first kappa shape index (κ1) is 13.8. The van der Waals surface area contributed by atoms with Gasteiger partial charge >= 0.3 is 0 Å². The van der Waals surface area contributed by atoms with E-state index in [0.717, 1.165) is 32.0 Å². The molecule has 4 aromatic rings. The summed E-state index contributed by atoms with van der Waals surface area (Å²) in [5, 5.41) is 18.7. The Morgan fingerprint density at radius 3 is 2.64 bits per heavy atom. The third kappa shape index (κ3) is 2.61. The van der Waals surface area contributed by atoms with Crippen LogP contribution in [0.5, 0.6) is 0 Å². The first-order chi connectivity index (χ1) is 10.8. The molecule has 0 fully saturated rings. The summed E-state index contributed by atoms with van der Waals surface area (Å²) in [6.45, 7) is 0. The van der Waals surface area contributed by atoms with Crippen molar-refractivity contribution in [3.8, 4) is 11.4 Å². The molecule has 0 unspecified atom stereocenters. The Morgan fingerprint density at radius 2 is 1.86 bits per heavy atom. The zero-order valence-corrected chi connectivity index (χ0v) is 13.6. The molecule has 1 aromatic carbocycles. The van der Waals surface area contributed by atoms with Crippen LogP contribution >= 0.6 is 34.7 Å². The molecule has 22 heavy (non-hydrogen) atoms. The Hall–Kier alpha value is -1.89. The van der Waals surface area contributed by atoms with Crippen LogP contribution in [-0.2, 0) is 0 Å². The number of fused-ring (bicyclic) bond motifs is 1. The molecule has 3 aromatic heterocycles. The summed E-state index contributed by atoms with van der Waals surface area (Å²) in [6, 6.07) is 13.6. The predicted molar refractivity (Wildman–Crippen MR) is 89.7 cm³/mol. The highest BCUT2D eigenvalue weighted by atomic mass is 35.5. The molecule has 0 spiro atoms. The molecule has 0 radical (unpaired) electrons. The molecule has 3 heterocycles. The quantitative estimate of drug-likeness (QED) is 0.542. The van der Waals surface area contributed by atoms with Gasteiger partial charge in [0.2, 0.25) is 0 Å². The third-order valence-electron chi connectivity index (χ3n) is 3.05. The Kier molecular flexibility index (Phi) is 3.57. The number of hydrogen-bond donors (Lipinski definition) is 0. The van der Waals surface area contributed by atoms with E-state index in [2.05, 4.69) is 15.3 Å². The van der Waals surface area contributed by atoms with E-state index in [1.54, 1.807) is 27.6 Å². The van der Waals surface area contributed by atoms with Gasteiger partial charge in [0.1, 0.15) is 5.03 Å². The molecule has 0 aliphatic rings. The number of hydrogen-bond acceptors (Lipinski definition) is 5. The molecular weight excluding hydrogens is 336 g/mol. The van der Waals surface area contributed by atoms with Crippen molar-refractivity contribution in [3.63, 3.8) is 0 Å². The van der Waals surface area contributed by atoms with Gasteiger partial charge in [-0.2, -0.15) is 21.0 Å². The van der Waals surface area contributed by atoms with Gasteiger partial charge in [-0.1, -0.05) is 23.4 Å². The maximum Gasteiger partial charge on any atom is 0.186 e. The van der Waals surface area contributed by atoms with Crippen LogP contribution in [0.15, 0.2) is 63.1 Å². The molecule has 0 aliphatic heterocycles. The van der Waals surface area contributed by atoms with E-state index in [1.165, 1.54) is 0 Å². The molecule has 108 valence electrons. The van der Waals surface area contributed by atoms with Crippen LogP contribution < -0.4 is 0 Å². The van der Waals surface area contributed by atoms with Crippen LogP contribution in [0.4, 0.5) is 0 Å². The lowest BCUT2D eigenvalue weighted by Gasteiger charge is -2.02. The van der Waals surface area contributed by atoms with Crippen LogP contribution in [0.25, 0.3) is 17.0 Å². The molecule has 0 saturated carbocycles. The molecule has 0 bridgehead atoms. The number of benzene rings is 1. The first-order valence-corrected chi connectivity index (χ1v) is 8.62. The van der Waals surface area contributed by atoms with E-state index in [0.29, 0.717) is 0 Å². The topological polar surface area (TPSA) is 43.1 Å². The maximum atomic E-state index is 5.91. The molecule has 0 atom stereocenters. The SMILES string of the molecule is Clc1ccc(Sc2ccc3nnc(-c4ccsc4)n3n2)cc1. The molecule has 4 rings (SSSR count). The normalized spacial score (nSPS) is 11.1. The van der Waals surface area contributed by atoms with Gasteiger partial charge in [0.05, 0.1) is 0 Å². The highest BCUT2D eigenvalue weighted by molar-refractivity contribution is 7.99. The second kappa shape index (κ2) is 5.72. The van der Waals surface area contributed by atoms with Gasteiger partial charge in [0.25, 0.3) is 0 Å². The number of thiophene rings is 1. The Balaban J connectivity index is 1.73. The van der Waals surface area contributed by atoms with E-state index in [9.17, 15) is 0 Å². The van der Waals surface area contributed by atoms with Crippen molar-refractivity contribution in [1.82, 2.24) is 19.8 Å². The largest absolute Gasteiger partial charge is 0.192 e. The van der Waals surface area contributed by atoms with Crippen LogP contribution in [0.1, 0.15) is 0 Å². The van der Waals surface area contributed by atoms with Gasteiger partial charge in [-0.05, 0) is 47.8 Å².